The van der Waals surface area contributed by atoms with Gasteiger partial charge in [-0.05, 0) is 36.1 Å². The molecule has 0 saturated carbocycles. The van der Waals surface area contributed by atoms with Gasteiger partial charge in [0.15, 0.2) is 0 Å². The molecular formula is C22H22ClNO3. The van der Waals surface area contributed by atoms with Gasteiger partial charge in [0.1, 0.15) is 5.60 Å². The molecule has 4 nitrogen and oxygen atoms in total. The van der Waals surface area contributed by atoms with Crippen molar-refractivity contribution in [3.63, 3.8) is 0 Å². The number of hydrogen-bond acceptors (Lipinski definition) is 2. The van der Waals surface area contributed by atoms with Gasteiger partial charge >= 0.3 is 5.97 Å². The van der Waals surface area contributed by atoms with Crippen LogP contribution in [0.3, 0.4) is 0 Å². The lowest BCUT2D eigenvalue weighted by Gasteiger charge is -2.36. The van der Waals surface area contributed by atoms with Crippen LogP contribution in [0.4, 0.5) is 0 Å². The van der Waals surface area contributed by atoms with E-state index in [-0.39, 0.29) is 6.42 Å². The van der Waals surface area contributed by atoms with Crippen molar-refractivity contribution in [2.24, 2.45) is 0 Å². The molecule has 0 saturated heterocycles. The van der Waals surface area contributed by atoms with Crippen molar-refractivity contribution in [2.75, 3.05) is 6.61 Å². The Bertz CT molecular complexity index is 1010. The molecule has 2 aromatic carbocycles. The minimum atomic E-state index is -0.846. The van der Waals surface area contributed by atoms with Gasteiger partial charge in [0.2, 0.25) is 0 Å². The average molecular weight is 384 g/mol. The molecule has 4 rings (SSSR count). The topological polar surface area (TPSA) is 62.3 Å². The zero-order valence-electron chi connectivity index (χ0n) is 15.2. The normalized spacial score (nSPS) is 19.2. The lowest BCUT2D eigenvalue weighted by molar-refractivity contribution is -0.149. The molecule has 3 aromatic rings. The van der Waals surface area contributed by atoms with Gasteiger partial charge in [0.05, 0.1) is 18.7 Å². The Hall–Kier alpha value is -2.30. The maximum atomic E-state index is 11.6. The van der Waals surface area contributed by atoms with E-state index in [1.165, 1.54) is 0 Å². The molecule has 1 atom stereocenters. The number of aromatic amines is 1. The van der Waals surface area contributed by atoms with Crippen molar-refractivity contribution in [2.45, 2.75) is 38.2 Å². The fraction of sp³-hybridized carbons (Fsp3) is 0.318. The van der Waals surface area contributed by atoms with Crippen molar-refractivity contribution in [1.82, 2.24) is 4.98 Å². The minimum Gasteiger partial charge on any atom is -0.481 e. The number of carboxylic acids is 1. The summed E-state index contributed by atoms with van der Waals surface area (Å²) in [5.74, 6) is -0.846. The molecule has 0 amide bonds. The van der Waals surface area contributed by atoms with E-state index >= 15 is 0 Å². The lowest BCUT2D eigenvalue weighted by atomic mass is 9.84. The van der Waals surface area contributed by atoms with Crippen molar-refractivity contribution in [1.29, 1.82) is 0 Å². The molecule has 1 unspecified atom stereocenters. The molecule has 1 aliphatic heterocycles. The third-order valence-electron chi connectivity index (χ3n) is 5.37. The van der Waals surface area contributed by atoms with Crippen LogP contribution in [0, 0.1) is 0 Å². The number of carboxylic acid groups (broad SMARTS) is 1. The molecule has 0 fully saturated rings. The summed E-state index contributed by atoms with van der Waals surface area (Å²) in [6, 6.07) is 13.9. The van der Waals surface area contributed by atoms with Gasteiger partial charge in [0.25, 0.3) is 0 Å². The van der Waals surface area contributed by atoms with Crippen molar-refractivity contribution >= 4 is 28.5 Å². The summed E-state index contributed by atoms with van der Waals surface area (Å²) in [6.07, 6.45) is 2.23. The first-order valence-corrected chi connectivity index (χ1v) is 9.68. The molecule has 2 N–H and O–H groups in total. The monoisotopic (exact) mass is 383 g/mol. The summed E-state index contributed by atoms with van der Waals surface area (Å²) in [5, 5.41) is 11.3. The molecule has 0 aliphatic carbocycles. The summed E-state index contributed by atoms with van der Waals surface area (Å²) < 4.78 is 6.10. The van der Waals surface area contributed by atoms with Crippen molar-refractivity contribution in [3.8, 4) is 11.1 Å². The average Bonchev–Trinajstić information content (AvgIpc) is 3.02. The first kappa shape index (κ1) is 18.1. The summed E-state index contributed by atoms with van der Waals surface area (Å²) in [5.41, 5.74) is 4.31. The number of ether oxygens (including phenoxy) is 1. The molecule has 1 aliphatic rings. The highest BCUT2D eigenvalue weighted by Crippen LogP contribution is 2.45. The van der Waals surface area contributed by atoms with E-state index in [4.69, 9.17) is 16.3 Å². The number of H-pyrrole nitrogens is 1. The number of hydrogen-bond donors (Lipinski definition) is 2. The second-order valence-corrected chi connectivity index (χ2v) is 7.51. The molecule has 5 heteroatoms. The van der Waals surface area contributed by atoms with Crippen LogP contribution < -0.4 is 0 Å². The second-order valence-electron chi connectivity index (χ2n) is 7.10. The van der Waals surface area contributed by atoms with Crippen LogP contribution in [0.1, 0.15) is 37.4 Å². The van der Waals surface area contributed by atoms with Crippen LogP contribution >= 0.6 is 11.6 Å². The highest BCUT2D eigenvalue weighted by Gasteiger charge is 2.41. The number of aliphatic carboxylic acids is 1. The standard InChI is InChI=1S/C22H22ClNO3/c1-2-11-22(13-19(25)26)21-16(10-12-27-22)20-15(7-5-9-18(20)24-21)14-6-3-4-8-17(14)23/h3-9,24H,2,10-13H2,1H3,(H,25,26). The van der Waals surface area contributed by atoms with E-state index in [2.05, 4.69) is 18.0 Å². The number of halogens is 1. The fourth-order valence-electron chi connectivity index (χ4n) is 4.35. The van der Waals surface area contributed by atoms with Crippen LogP contribution in [0.5, 0.6) is 0 Å². The molecule has 0 spiro atoms. The number of carbonyl (C=O) groups is 1. The Morgan fingerprint density at radius 1 is 1.22 bits per heavy atom. The summed E-state index contributed by atoms with van der Waals surface area (Å²) in [4.78, 5) is 15.1. The third-order valence-corrected chi connectivity index (χ3v) is 5.70. The number of aromatic nitrogens is 1. The van der Waals surface area contributed by atoms with E-state index in [1.54, 1.807) is 0 Å². The van der Waals surface area contributed by atoms with Gasteiger partial charge in [-0.3, -0.25) is 4.79 Å². The number of rotatable bonds is 5. The number of nitrogens with one attached hydrogen (secondary N) is 1. The third kappa shape index (κ3) is 3.03. The van der Waals surface area contributed by atoms with Gasteiger partial charge in [-0.25, -0.2) is 0 Å². The predicted molar refractivity (Wildman–Crippen MR) is 107 cm³/mol. The van der Waals surface area contributed by atoms with Crippen molar-refractivity contribution < 1.29 is 14.6 Å². The van der Waals surface area contributed by atoms with Crippen LogP contribution in [0.25, 0.3) is 22.0 Å². The fourth-order valence-corrected chi connectivity index (χ4v) is 4.59. The largest absolute Gasteiger partial charge is 0.481 e. The van der Waals surface area contributed by atoms with Gasteiger partial charge in [-0.1, -0.05) is 55.3 Å². The quantitative estimate of drug-likeness (QED) is 0.608. The van der Waals surface area contributed by atoms with Crippen LogP contribution in [-0.2, 0) is 21.6 Å². The Morgan fingerprint density at radius 3 is 2.74 bits per heavy atom. The van der Waals surface area contributed by atoms with Crippen LogP contribution in [-0.4, -0.2) is 22.7 Å². The zero-order chi connectivity index (χ0) is 19.0. The van der Waals surface area contributed by atoms with Crippen molar-refractivity contribution in [3.05, 3.63) is 58.7 Å². The second kappa shape index (κ2) is 7.02. The minimum absolute atomic E-state index is 0.0396. The molecule has 27 heavy (non-hydrogen) atoms. The SMILES string of the molecule is CCCC1(CC(=O)O)OCCc2c1[nH]c1cccc(-c3ccccc3Cl)c21. The van der Waals surface area contributed by atoms with Gasteiger partial charge in [0, 0.05) is 21.5 Å². The summed E-state index contributed by atoms with van der Waals surface area (Å²) in [6.45, 7) is 2.57. The van der Waals surface area contributed by atoms with Crippen LogP contribution in [0.15, 0.2) is 42.5 Å². The summed E-state index contributed by atoms with van der Waals surface area (Å²) in [7, 11) is 0. The Morgan fingerprint density at radius 2 is 2.00 bits per heavy atom. The van der Waals surface area contributed by atoms with Crippen LogP contribution in [0.2, 0.25) is 5.02 Å². The maximum absolute atomic E-state index is 11.6. The molecule has 2 heterocycles. The molecule has 140 valence electrons. The highest BCUT2D eigenvalue weighted by atomic mass is 35.5. The molecule has 0 radical (unpaired) electrons. The molecular weight excluding hydrogens is 362 g/mol. The van der Waals surface area contributed by atoms with E-state index in [0.717, 1.165) is 46.1 Å². The van der Waals surface area contributed by atoms with E-state index < -0.39 is 11.6 Å². The first-order valence-electron chi connectivity index (χ1n) is 9.30. The van der Waals surface area contributed by atoms with Gasteiger partial charge < -0.3 is 14.8 Å². The predicted octanol–water partition coefficient (Wildman–Crippen LogP) is 5.53. The van der Waals surface area contributed by atoms with E-state index in [0.29, 0.717) is 18.1 Å². The first-order chi connectivity index (χ1) is 13.1. The lowest BCUT2D eigenvalue weighted by Crippen LogP contribution is -2.37. The molecule has 0 bridgehead atoms. The maximum Gasteiger partial charge on any atom is 0.306 e. The Kier molecular flexibility index (Phi) is 4.70. The van der Waals surface area contributed by atoms with Gasteiger partial charge in [-0.2, -0.15) is 0 Å². The van der Waals surface area contributed by atoms with Gasteiger partial charge in [-0.15, -0.1) is 0 Å². The summed E-state index contributed by atoms with van der Waals surface area (Å²) >= 11 is 6.47. The number of benzene rings is 2. The number of fused-ring (bicyclic) bond motifs is 3. The highest BCUT2D eigenvalue weighted by molar-refractivity contribution is 6.33. The Labute approximate surface area is 163 Å². The Balaban J connectivity index is 1.98. The zero-order valence-corrected chi connectivity index (χ0v) is 16.0. The van der Waals surface area contributed by atoms with E-state index in [1.807, 2.05) is 36.4 Å². The molecule has 1 aromatic heterocycles. The van der Waals surface area contributed by atoms with E-state index in [9.17, 15) is 9.90 Å². The smallest absolute Gasteiger partial charge is 0.306 e.